The third-order valence-electron chi connectivity index (χ3n) is 4.72. The molecule has 0 fully saturated rings. The predicted octanol–water partition coefficient (Wildman–Crippen LogP) is 1.28. The minimum atomic E-state index is -1.57. The molecule has 0 amide bonds. The highest BCUT2D eigenvalue weighted by Crippen LogP contribution is 2.62. The Morgan fingerprint density at radius 2 is 0.950 bits per heavy atom. The Morgan fingerprint density at radius 1 is 0.700 bits per heavy atom. The van der Waals surface area contributed by atoms with E-state index in [1.165, 1.54) is 20.5 Å². The second-order valence-corrected chi connectivity index (χ2v) is 28.6. The van der Waals surface area contributed by atoms with Crippen molar-refractivity contribution in [1.82, 2.24) is 3.90 Å². The Hall–Kier alpha value is 1.04. The van der Waals surface area contributed by atoms with E-state index in [1.807, 2.05) is 0 Å². The van der Waals surface area contributed by atoms with Gasteiger partial charge in [-0.2, -0.15) is 0 Å². The molecule has 0 saturated carbocycles. The lowest BCUT2D eigenvalue weighted by atomic mass is 10.2. The molecule has 0 aliphatic carbocycles. The summed E-state index contributed by atoms with van der Waals surface area (Å²) in [5, 5.41) is 1.41. The minimum absolute atomic E-state index is 0.0219. The Labute approximate surface area is 140 Å². The lowest BCUT2D eigenvalue weighted by Gasteiger charge is -2.65. The van der Waals surface area contributed by atoms with Crippen LogP contribution < -0.4 is 0 Å². The minimum Gasteiger partial charge on any atom is -0.377 e. The SMILES string of the molecule is CC(C)(C)[Si](N([SiH2]C[SiH3])[SiH2]C[SiH3])(C(C)(C)C)C(C)(C)C. The summed E-state index contributed by atoms with van der Waals surface area (Å²) in [6, 6.07) is 0. The van der Waals surface area contributed by atoms with Crippen LogP contribution in [0.3, 0.4) is 0 Å². The fourth-order valence-corrected chi connectivity index (χ4v) is 41.5. The molecular formula is C14H41NSi5. The van der Waals surface area contributed by atoms with E-state index in [9.17, 15) is 0 Å². The highest BCUT2D eigenvalue weighted by atomic mass is 28.4. The van der Waals surface area contributed by atoms with Gasteiger partial charge in [0.2, 0.25) is 0 Å². The van der Waals surface area contributed by atoms with E-state index in [0.29, 0.717) is 15.1 Å². The van der Waals surface area contributed by atoms with Crippen LogP contribution in [0.2, 0.25) is 26.4 Å². The number of hydrogen-bond acceptors (Lipinski definition) is 1. The first-order valence-electron chi connectivity index (χ1n) is 8.52. The van der Waals surface area contributed by atoms with Gasteiger partial charge in [-0.15, -0.1) is 0 Å². The molecule has 0 N–H and O–H groups in total. The van der Waals surface area contributed by atoms with Crippen LogP contribution in [0, 0.1) is 0 Å². The Morgan fingerprint density at radius 3 is 1.10 bits per heavy atom. The molecular weight excluding hydrogens is 323 g/mol. The van der Waals surface area contributed by atoms with Crippen LogP contribution in [0.4, 0.5) is 0 Å². The van der Waals surface area contributed by atoms with Gasteiger partial charge in [-0.05, 0) is 15.1 Å². The summed E-state index contributed by atoms with van der Waals surface area (Å²) < 4.78 is 3.28. The second-order valence-electron chi connectivity index (χ2n) is 9.45. The van der Waals surface area contributed by atoms with E-state index in [-0.39, 0.29) is 19.4 Å². The van der Waals surface area contributed by atoms with Crippen LogP contribution in [-0.2, 0) is 0 Å². The molecule has 0 rings (SSSR count). The van der Waals surface area contributed by atoms with Crippen molar-refractivity contribution in [2.75, 3.05) is 0 Å². The molecule has 0 aromatic heterocycles. The zero-order valence-electron chi connectivity index (χ0n) is 16.3. The normalized spacial score (nSPS) is 16.5. The Balaban J connectivity index is 6.26. The fourth-order valence-electron chi connectivity index (χ4n) is 5.79. The van der Waals surface area contributed by atoms with Gasteiger partial charge in [0.15, 0.2) is 0 Å². The predicted molar refractivity (Wildman–Crippen MR) is 113 cm³/mol. The van der Waals surface area contributed by atoms with Crippen molar-refractivity contribution >= 4 is 48.1 Å². The molecule has 0 atom stereocenters. The third kappa shape index (κ3) is 3.87. The maximum absolute atomic E-state index is 3.28. The molecule has 0 unspecified atom stereocenters. The summed E-state index contributed by atoms with van der Waals surface area (Å²) in [4.78, 5) is 0. The van der Waals surface area contributed by atoms with Crippen molar-refractivity contribution in [3.05, 3.63) is 0 Å². The first kappa shape index (κ1) is 21.0. The lowest BCUT2D eigenvalue weighted by molar-refractivity contribution is 0.490. The molecule has 1 nitrogen and oxygen atoms in total. The van der Waals surface area contributed by atoms with Gasteiger partial charge in [0.25, 0.3) is 0 Å². The lowest BCUT2D eigenvalue weighted by Crippen LogP contribution is -2.71. The topological polar surface area (TPSA) is 3.24 Å². The molecule has 0 aromatic rings. The second kappa shape index (κ2) is 7.08. The highest BCUT2D eigenvalue weighted by molar-refractivity contribution is 6.95. The molecule has 20 heavy (non-hydrogen) atoms. The molecule has 0 aliphatic heterocycles. The van der Waals surface area contributed by atoms with Gasteiger partial charge in [-0.3, -0.25) is 0 Å². The summed E-state index contributed by atoms with van der Waals surface area (Å²) in [6.45, 7) is 23.1. The summed E-state index contributed by atoms with van der Waals surface area (Å²) in [5.41, 5.74) is 3.18. The van der Waals surface area contributed by atoms with Crippen LogP contribution >= 0.6 is 0 Å². The average molecular weight is 364 g/mol. The zero-order chi connectivity index (χ0) is 16.4. The summed E-state index contributed by atoms with van der Waals surface area (Å²) in [6.07, 6.45) is 0. The summed E-state index contributed by atoms with van der Waals surface area (Å²) >= 11 is 0. The largest absolute Gasteiger partial charge is 0.377 e. The molecule has 0 bridgehead atoms. The summed E-state index contributed by atoms with van der Waals surface area (Å²) in [7, 11) is 1.30. The molecule has 0 radical (unpaired) electrons. The first-order valence-corrected chi connectivity index (χ1v) is 16.6. The van der Waals surface area contributed by atoms with Crippen LogP contribution in [0.15, 0.2) is 0 Å². The number of nitrogens with zero attached hydrogens (tertiary/aromatic N) is 1. The van der Waals surface area contributed by atoms with E-state index in [1.54, 1.807) is 11.3 Å². The summed E-state index contributed by atoms with van der Waals surface area (Å²) in [5.74, 6) is 0. The van der Waals surface area contributed by atoms with Gasteiger partial charge in [0.1, 0.15) is 8.24 Å². The van der Waals surface area contributed by atoms with Crippen LogP contribution in [-0.4, -0.2) is 52.0 Å². The number of hydrogen-bond donors (Lipinski definition) is 0. The van der Waals surface area contributed by atoms with Crippen molar-refractivity contribution in [2.45, 2.75) is 88.8 Å². The standard InChI is InChI=1S/C14H41NSi5/c1-12(2,3)20(13(4,5)6,14(7,8)9)15(18-10-16)19-11-17/h10-11,18-19H2,1-9,16-17H3. The Bertz CT molecular complexity index is 256. The van der Waals surface area contributed by atoms with Crippen molar-refractivity contribution in [3.8, 4) is 0 Å². The average Bonchev–Trinajstić information content (AvgIpc) is 2.11. The van der Waals surface area contributed by atoms with Gasteiger partial charge in [0.05, 0.1) is 19.4 Å². The van der Waals surface area contributed by atoms with Gasteiger partial charge >= 0.3 is 0 Å². The Kier molecular flexibility index (Phi) is 7.45. The van der Waals surface area contributed by atoms with Crippen LogP contribution in [0.1, 0.15) is 62.3 Å². The highest BCUT2D eigenvalue weighted by Gasteiger charge is 2.62. The van der Waals surface area contributed by atoms with Crippen molar-refractivity contribution in [1.29, 1.82) is 0 Å². The third-order valence-corrected chi connectivity index (χ3v) is 22.9. The fraction of sp³-hybridized carbons (Fsp3) is 1.00. The van der Waals surface area contributed by atoms with E-state index in [2.05, 4.69) is 66.2 Å². The van der Waals surface area contributed by atoms with Gasteiger partial charge in [-0.25, -0.2) is 0 Å². The molecule has 0 saturated heterocycles. The maximum Gasteiger partial charge on any atom is 0.130 e. The zero-order valence-corrected chi connectivity index (χ0v) is 24.1. The van der Waals surface area contributed by atoms with Crippen molar-refractivity contribution in [2.24, 2.45) is 0 Å². The van der Waals surface area contributed by atoms with Gasteiger partial charge in [-0.1, -0.05) is 73.6 Å². The number of rotatable bonds is 5. The molecule has 0 aromatic carbocycles. The maximum atomic E-state index is 3.28. The van der Waals surface area contributed by atoms with E-state index in [4.69, 9.17) is 0 Å². The quantitative estimate of drug-likeness (QED) is 0.665. The molecule has 0 aliphatic rings. The van der Waals surface area contributed by atoms with Crippen LogP contribution in [0.5, 0.6) is 0 Å². The van der Waals surface area contributed by atoms with E-state index >= 15 is 0 Å². The molecule has 0 heterocycles. The smallest absolute Gasteiger partial charge is 0.130 e. The van der Waals surface area contributed by atoms with Gasteiger partial charge in [0, 0.05) is 20.5 Å². The molecule has 0 spiro atoms. The first-order chi connectivity index (χ1) is 8.77. The molecule has 122 valence electrons. The van der Waals surface area contributed by atoms with Crippen molar-refractivity contribution < 1.29 is 0 Å². The molecule has 6 heteroatoms. The van der Waals surface area contributed by atoms with Crippen molar-refractivity contribution in [3.63, 3.8) is 0 Å². The van der Waals surface area contributed by atoms with E-state index in [0.717, 1.165) is 0 Å². The van der Waals surface area contributed by atoms with Gasteiger partial charge < -0.3 is 3.90 Å². The monoisotopic (exact) mass is 363 g/mol. The van der Waals surface area contributed by atoms with E-state index < -0.39 is 8.24 Å². The van der Waals surface area contributed by atoms with Crippen LogP contribution in [0.25, 0.3) is 0 Å².